The van der Waals surface area contributed by atoms with Gasteiger partial charge in [0, 0.05) is 0 Å². The predicted molar refractivity (Wildman–Crippen MR) is 375 cm³/mol. The van der Waals surface area contributed by atoms with Crippen LogP contribution in [0.25, 0.3) is 0 Å². The maximum Gasteiger partial charge on any atom is 3.00 e. The van der Waals surface area contributed by atoms with Gasteiger partial charge in [0.2, 0.25) is 0 Å². The fourth-order valence-corrected chi connectivity index (χ4v) is 13.0. The standard InChI is InChI=1S/3C24H51O4P.Al/c3*1-3-5-7-9-11-13-15-17-19-21-23-27-29(25,26)28-24-22-20-18-16-14-12-10-8-6-4-2;/h3*3-24H2,1-2H3,(H,25,26);/q;;;+3/p-3. The predicted octanol–water partition coefficient (Wildman–Crippen LogP) is 24.6. The molecule has 0 heterocycles. The molecule has 0 fully saturated rings. The van der Waals surface area contributed by atoms with Gasteiger partial charge in [-0.1, -0.05) is 388 Å². The van der Waals surface area contributed by atoms with E-state index in [2.05, 4.69) is 41.5 Å². The van der Waals surface area contributed by atoms with Crippen LogP contribution in [0.15, 0.2) is 0 Å². The first-order valence-corrected chi connectivity index (χ1v) is 42.5. The number of phosphoric ester groups is 3. The molecular weight excluding hydrogens is 1180 g/mol. The third kappa shape index (κ3) is 88.9. The van der Waals surface area contributed by atoms with Crippen molar-refractivity contribution in [2.24, 2.45) is 0 Å². The molecule has 0 atom stereocenters. The fraction of sp³-hybridized carbons (Fsp3) is 1.00. The Morgan fingerprint density at radius 1 is 0.170 bits per heavy atom. The summed E-state index contributed by atoms with van der Waals surface area (Å²) < 4.78 is 65.0. The number of rotatable bonds is 72. The van der Waals surface area contributed by atoms with Gasteiger partial charge < -0.3 is 41.8 Å². The zero-order valence-electron chi connectivity index (χ0n) is 59.5. The van der Waals surface area contributed by atoms with Gasteiger partial charge >= 0.3 is 17.4 Å². The Bertz CT molecular complexity index is 1170. The number of hydrogen-bond acceptors (Lipinski definition) is 12. The minimum atomic E-state index is -4.10. The van der Waals surface area contributed by atoms with Crippen LogP contribution in [0.5, 0.6) is 0 Å². The van der Waals surface area contributed by atoms with Crippen molar-refractivity contribution in [1.82, 2.24) is 0 Å². The summed E-state index contributed by atoms with van der Waals surface area (Å²) in [5, 5.41) is 0. The Balaban J connectivity index is -0.000000598. The van der Waals surface area contributed by atoms with Crippen LogP contribution < -0.4 is 14.7 Å². The summed E-state index contributed by atoms with van der Waals surface area (Å²) in [6.07, 6.45) is 73.5. The number of phosphoric acid groups is 3. The summed E-state index contributed by atoms with van der Waals surface area (Å²) >= 11 is 0. The average Bonchev–Trinajstić information content (AvgIpc) is 3.50. The van der Waals surface area contributed by atoms with Crippen LogP contribution in [0.4, 0.5) is 0 Å². The van der Waals surface area contributed by atoms with E-state index in [1.54, 1.807) is 0 Å². The molecule has 0 saturated carbocycles. The van der Waals surface area contributed by atoms with Gasteiger partial charge in [-0.2, -0.15) is 0 Å². The average molecular weight is 1330 g/mol. The van der Waals surface area contributed by atoms with E-state index < -0.39 is 23.5 Å². The summed E-state index contributed by atoms with van der Waals surface area (Å²) in [6, 6.07) is 0. The molecule has 0 aliphatic heterocycles. The molecule has 0 radical (unpaired) electrons. The van der Waals surface area contributed by atoms with Crippen LogP contribution in [-0.2, 0) is 40.8 Å². The van der Waals surface area contributed by atoms with Gasteiger partial charge in [0.1, 0.15) is 0 Å². The molecule has 0 aromatic heterocycles. The topological polar surface area (TPSA) is 176 Å². The van der Waals surface area contributed by atoms with E-state index in [-0.39, 0.29) is 57.0 Å². The van der Waals surface area contributed by atoms with Crippen LogP contribution in [-0.4, -0.2) is 57.0 Å². The molecule has 0 aromatic rings. The van der Waals surface area contributed by atoms with E-state index >= 15 is 0 Å². The molecule has 0 saturated heterocycles. The summed E-state index contributed by atoms with van der Waals surface area (Å²) in [7, 11) is -12.3. The van der Waals surface area contributed by atoms with Gasteiger partial charge in [-0.3, -0.25) is 13.7 Å². The maximum atomic E-state index is 11.7. The van der Waals surface area contributed by atoms with E-state index in [1.165, 1.54) is 308 Å². The molecular formula is C72H150AlO12P3. The zero-order valence-corrected chi connectivity index (χ0v) is 63.3. The zero-order chi connectivity index (χ0) is 64.4. The smallest absolute Gasteiger partial charge is 0.756 e. The molecule has 0 aliphatic rings. The molecule has 0 aromatic carbocycles. The Labute approximate surface area is 559 Å². The molecule has 0 rings (SSSR count). The second-order valence-electron chi connectivity index (χ2n) is 25.4. The van der Waals surface area contributed by atoms with E-state index in [4.69, 9.17) is 27.1 Å². The number of hydrogen-bond donors (Lipinski definition) is 0. The van der Waals surface area contributed by atoms with Gasteiger partial charge in [-0.05, 0) is 38.5 Å². The van der Waals surface area contributed by atoms with Gasteiger partial charge in [-0.25, -0.2) is 0 Å². The van der Waals surface area contributed by atoms with Crippen LogP contribution in [0.1, 0.15) is 427 Å². The molecule has 0 bridgehead atoms. The van der Waals surface area contributed by atoms with Gasteiger partial charge in [0.25, 0.3) is 23.5 Å². The molecule has 88 heavy (non-hydrogen) atoms. The molecule has 0 unspecified atom stereocenters. The SMILES string of the molecule is CCCCCCCCCCCCOP(=O)([O-])OCCCCCCCCCCCC.CCCCCCCCCCCCOP(=O)([O-])OCCCCCCCCCCCC.CCCCCCCCCCCCOP(=O)([O-])OCCCCCCCCCCCC.[Al+3]. The van der Waals surface area contributed by atoms with Crippen molar-refractivity contribution in [3.8, 4) is 0 Å². The Morgan fingerprint density at radius 2 is 0.250 bits per heavy atom. The van der Waals surface area contributed by atoms with Crippen molar-refractivity contribution in [2.45, 2.75) is 427 Å². The van der Waals surface area contributed by atoms with Crippen LogP contribution >= 0.6 is 23.5 Å². The fourth-order valence-electron chi connectivity index (χ4n) is 10.7. The maximum absolute atomic E-state index is 11.7. The minimum Gasteiger partial charge on any atom is -0.756 e. The van der Waals surface area contributed by atoms with E-state index in [0.717, 1.165) is 77.0 Å². The molecule has 528 valence electrons. The first kappa shape index (κ1) is 95.3. The van der Waals surface area contributed by atoms with Gasteiger partial charge in [0.15, 0.2) is 0 Å². The Morgan fingerprint density at radius 3 is 0.341 bits per heavy atom. The monoisotopic (exact) mass is 1330 g/mol. The molecule has 12 nitrogen and oxygen atoms in total. The molecule has 0 spiro atoms. The molecule has 0 N–H and O–H groups in total. The number of unbranched alkanes of at least 4 members (excludes halogenated alkanes) is 54. The summed E-state index contributed by atoms with van der Waals surface area (Å²) in [6.45, 7) is 15.0. The molecule has 0 amide bonds. The minimum absolute atomic E-state index is 0. The van der Waals surface area contributed by atoms with Crippen LogP contribution in [0.3, 0.4) is 0 Å². The van der Waals surface area contributed by atoms with E-state index in [1.807, 2.05) is 0 Å². The first-order valence-electron chi connectivity index (χ1n) is 38.2. The summed E-state index contributed by atoms with van der Waals surface area (Å²) in [5.41, 5.74) is 0. The second kappa shape index (κ2) is 80.3. The van der Waals surface area contributed by atoms with Crippen molar-refractivity contribution in [2.75, 3.05) is 39.6 Å². The Kier molecular flexibility index (Phi) is 86.9. The van der Waals surface area contributed by atoms with Crippen molar-refractivity contribution in [1.29, 1.82) is 0 Å². The van der Waals surface area contributed by atoms with Crippen molar-refractivity contribution in [3.05, 3.63) is 0 Å². The quantitative estimate of drug-likeness (QED) is 0.0320. The van der Waals surface area contributed by atoms with Gasteiger partial charge in [0.05, 0.1) is 39.6 Å². The molecule has 0 aliphatic carbocycles. The van der Waals surface area contributed by atoms with Crippen LogP contribution in [0, 0.1) is 0 Å². The third-order valence-electron chi connectivity index (χ3n) is 16.5. The van der Waals surface area contributed by atoms with Crippen molar-refractivity contribution < 1.29 is 55.5 Å². The van der Waals surface area contributed by atoms with E-state index in [0.29, 0.717) is 0 Å². The summed E-state index contributed by atoms with van der Waals surface area (Å²) in [5.74, 6) is 0. The summed E-state index contributed by atoms with van der Waals surface area (Å²) in [4.78, 5) is 35.2. The van der Waals surface area contributed by atoms with Gasteiger partial charge in [-0.15, -0.1) is 0 Å². The second-order valence-corrected chi connectivity index (χ2v) is 29.7. The third-order valence-corrected chi connectivity index (χ3v) is 19.5. The van der Waals surface area contributed by atoms with Crippen LogP contribution in [0.2, 0.25) is 0 Å². The Hall–Kier alpha value is 0.862. The molecule has 16 heteroatoms. The first-order chi connectivity index (χ1) is 42.4. The van der Waals surface area contributed by atoms with Crippen molar-refractivity contribution in [3.63, 3.8) is 0 Å². The largest absolute Gasteiger partial charge is 3.00 e. The van der Waals surface area contributed by atoms with E-state index in [9.17, 15) is 28.4 Å². The normalized spacial score (nSPS) is 11.8. The van der Waals surface area contributed by atoms with Crippen molar-refractivity contribution >= 4 is 40.8 Å².